The third-order valence-electron chi connectivity index (χ3n) is 3.20. The number of carbonyl (C=O) groups excluding carboxylic acids is 1. The predicted octanol–water partition coefficient (Wildman–Crippen LogP) is 1.79. The van der Waals surface area contributed by atoms with Crippen LogP contribution in [-0.2, 0) is 11.2 Å². The van der Waals surface area contributed by atoms with Gasteiger partial charge in [-0.15, -0.1) is 0 Å². The van der Waals surface area contributed by atoms with Crippen LogP contribution in [0.15, 0.2) is 0 Å². The minimum atomic E-state index is -0.424. The second-order valence-corrected chi connectivity index (χ2v) is 4.49. The van der Waals surface area contributed by atoms with Crippen LogP contribution in [0.25, 0.3) is 0 Å². The van der Waals surface area contributed by atoms with Gasteiger partial charge in [-0.2, -0.15) is 0 Å². The highest BCUT2D eigenvalue weighted by molar-refractivity contribution is 5.92. The van der Waals surface area contributed by atoms with Gasteiger partial charge in [-0.05, 0) is 19.3 Å². The van der Waals surface area contributed by atoms with E-state index in [2.05, 4.69) is 11.9 Å². The molecule has 1 aliphatic carbocycles. The number of nitrogens with zero attached hydrogens (tertiary/aromatic N) is 2. The van der Waals surface area contributed by atoms with Crippen molar-refractivity contribution in [2.24, 2.45) is 5.92 Å². The minimum Gasteiger partial charge on any atom is -0.461 e. The Bertz CT molecular complexity index is 439. The number of hydrogen-bond acceptors (Lipinski definition) is 4. The largest absolute Gasteiger partial charge is 0.461 e. The van der Waals surface area contributed by atoms with E-state index >= 15 is 0 Å². The normalized spacial score (nSPS) is 22.5. The zero-order valence-electron chi connectivity index (χ0n) is 10.6. The van der Waals surface area contributed by atoms with Crippen molar-refractivity contribution in [2.45, 2.75) is 39.7 Å². The standard InChI is InChI=1S/C12H19N3O2/c1-4-9-14-10(12(16)17-5-2)11(13)15(9)8-6-7(8)3/h7-8H,4-6,13H2,1-3H3. The maximum absolute atomic E-state index is 11.7. The first-order valence-corrected chi connectivity index (χ1v) is 6.13. The lowest BCUT2D eigenvalue weighted by Gasteiger charge is -2.07. The number of nitrogen functional groups attached to an aromatic ring is 1. The number of esters is 1. The number of hydrogen-bond donors (Lipinski definition) is 1. The van der Waals surface area contributed by atoms with Crippen molar-refractivity contribution >= 4 is 11.8 Å². The third kappa shape index (κ3) is 2.01. The van der Waals surface area contributed by atoms with Crippen molar-refractivity contribution < 1.29 is 9.53 Å². The number of aryl methyl sites for hydroxylation is 1. The molecule has 0 bridgehead atoms. The van der Waals surface area contributed by atoms with Crippen LogP contribution < -0.4 is 5.73 Å². The average molecular weight is 237 g/mol. The van der Waals surface area contributed by atoms with E-state index in [9.17, 15) is 4.79 Å². The van der Waals surface area contributed by atoms with E-state index in [-0.39, 0.29) is 5.69 Å². The fourth-order valence-electron chi connectivity index (χ4n) is 2.12. The van der Waals surface area contributed by atoms with Gasteiger partial charge in [-0.1, -0.05) is 13.8 Å². The fourth-order valence-corrected chi connectivity index (χ4v) is 2.12. The van der Waals surface area contributed by atoms with Crippen LogP contribution in [0.2, 0.25) is 0 Å². The molecule has 2 unspecified atom stereocenters. The van der Waals surface area contributed by atoms with Crippen LogP contribution in [0, 0.1) is 5.92 Å². The molecule has 5 nitrogen and oxygen atoms in total. The molecular weight excluding hydrogens is 218 g/mol. The van der Waals surface area contributed by atoms with E-state index in [0.29, 0.717) is 24.4 Å². The van der Waals surface area contributed by atoms with E-state index in [0.717, 1.165) is 18.7 Å². The van der Waals surface area contributed by atoms with Crippen LogP contribution in [-0.4, -0.2) is 22.1 Å². The molecular formula is C12H19N3O2. The van der Waals surface area contributed by atoms with E-state index in [4.69, 9.17) is 10.5 Å². The molecule has 1 fully saturated rings. The monoisotopic (exact) mass is 237 g/mol. The maximum Gasteiger partial charge on any atom is 0.360 e. The van der Waals surface area contributed by atoms with Crippen LogP contribution in [0.3, 0.4) is 0 Å². The lowest BCUT2D eigenvalue weighted by Crippen LogP contribution is -2.10. The molecule has 1 aromatic heterocycles. The van der Waals surface area contributed by atoms with Crippen molar-refractivity contribution in [1.82, 2.24) is 9.55 Å². The Morgan fingerprint density at radius 1 is 1.59 bits per heavy atom. The number of carbonyl (C=O) groups is 1. The van der Waals surface area contributed by atoms with Crippen LogP contribution in [0.4, 0.5) is 5.82 Å². The highest BCUT2D eigenvalue weighted by atomic mass is 16.5. The lowest BCUT2D eigenvalue weighted by atomic mass is 10.4. The van der Waals surface area contributed by atoms with Crippen LogP contribution in [0.1, 0.15) is 49.5 Å². The van der Waals surface area contributed by atoms with Crippen molar-refractivity contribution in [2.75, 3.05) is 12.3 Å². The Kier molecular flexibility index (Phi) is 3.09. The number of rotatable bonds is 4. The van der Waals surface area contributed by atoms with Gasteiger partial charge in [0.2, 0.25) is 0 Å². The second-order valence-electron chi connectivity index (χ2n) is 4.49. The molecule has 1 aromatic rings. The molecule has 1 saturated carbocycles. The van der Waals surface area contributed by atoms with Crippen molar-refractivity contribution in [1.29, 1.82) is 0 Å². The van der Waals surface area contributed by atoms with E-state index < -0.39 is 5.97 Å². The van der Waals surface area contributed by atoms with E-state index in [1.165, 1.54) is 0 Å². The summed E-state index contributed by atoms with van der Waals surface area (Å²) in [5.41, 5.74) is 6.28. The molecule has 2 atom stereocenters. The Hall–Kier alpha value is -1.52. The number of ether oxygens (including phenoxy) is 1. The van der Waals surface area contributed by atoms with Gasteiger partial charge >= 0.3 is 5.97 Å². The predicted molar refractivity (Wildman–Crippen MR) is 64.8 cm³/mol. The second kappa shape index (κ2) is 4.39. The summed E-state index contributed by atoms with van der Waals surface area (Å²) in [7, 11) is 0. The first-order chi connectivity index (χ1) is 8.10. The van der Waals surface area contributed by atoms with E-state index in [1.54, 1.807) is 6.92 Å². The van der Waals surface area contributed by atoms with Gasteiger partial charge in [-0.25, -0.2) is 9.78 Å². The van der Waals surface area contributed by atoms with Gasteiger partial charge in [0.15, 0.2) is 5.69 Å². The van der Waals surface area contributed by atoms with E-state index in [1.807, 2.05) is 11.5 Å². The third-order valence-corrected chi connectivity index (χ3v) is 3.20. The topological polar surface area (TPSA) is 70.1 Å². The molecule has 0 amide bonds. The summed E-state index contributed by atoms with van der Waals surface area (Å²) in [5.74, 6) is 1.52. The molecule has 17 heavy (non-hydrogen) atoms. The molecule has 1 aliphatic rings. The molecule has 0 spiro atoms. The van der Waals surface area contributed by atoms with Gasteiger partial charge in [0.25, 0.3) is 0 Å². The van der Waals surface area contributed by atoms with Crippen LogP contribution in [0.5, 0.6) is 0 Å². The minimum absolute atomic E-state index is 0.266. The Balaban J connectivity index is 2.35. The summed E-state index contributed by atoms with van der Waals surface area (Å²) in [6.45, 7) is 6.30. The number of anilines is 1. The summed E-state index contributed by atoms with van der Waals surface area (Å²) >= 11 is 0. The van der Waals surface area contributed by atoms with Gasteiger partial charge in [0.05, 0.1) is 6.61 Å². The molecule has 0 radical (unpaired) electrons. The Morgan fingerprint density at radius 3 is 2.71 bits per heavy atom. The van der Waals surface area contributed by atoms with Gasteiger partial charge < -0.3 is 15.0 Å². The zero-order chi connectivity index (χ0) is 12.6. The first-order valence-electron chi connectivity index (χ1n) is 6.13. The molecule has 0 aliphatic heterocycles. The number of aromatic nitrogens is 2. The zero-order valence-corrected chi connectivity index (χ0v) is 10.6. The van der Waals surface area contributed by atoms with Crippen molar-refractivity contribution in [3.05, 3.63) is 11.5 Å². The van der Waals surface area contributed by atoms with Gasteiger partial charge in [0.1, 0.15) is 11.6 Å². The van der Waals surface area contributed by atoms with Crippen molar-refractivity contribution in [3.63, 3.8) is 0 Å². The average Bonchev–Trinajstić information content (AvgIpc) is 2.89. The summed E-state index contributed by atoms with van der Waals surface area (Å²) in [4.78, 5) is 16.0. The molecule has 1 heterocycles. The summed E-state index contributed by atoms with van der Waals surface area (Å²) in [6, 6.07) is 0.403. The Morgan fingerprint density at radius 2 is 2.24 bits per heavy atom. The van der Waals surface area contributed by atoms with Crippen molar-refractivity contribution in [3.8, 4) is 0 Å². The Labute approximate surface area is 101 Å². The van der Waals surface area contributed by atoms with Crippen LogP contribution >= 0.6 is 0 Å². The molecule has 2 N–H and O–H groups in total. The highest BCUT2D eigenvalue weighted by Crippen LogP contribution is 2.45. The molecule has 5 heteroatoms. The highest BCUT2D eigenvalue weighted by Gasteiger charge is 2.38. The SMILES string of the molecule is CCOC(=O)c1nc(CC)n(C2CC2C)c1N. The molecule has 0 aromatic carbocycles. The maximum atomic E-state index is 11.7. The number of imidazole rings is 1. The number of nitrogens with two attached hydrogens (primary N) is 1. The molecule has 0 saturated heterocycles. The molecule has 2 rings (SSSR count). The lowest BCUT2D eigenvalue weighted by molar-refractivity contribution is 0.0521. The van der Waals surface area contributed by atoms with Gasteiger partial charge in [-0.3, -0.25) is 0 Å². The summed E-state index contributed by atoms with van der Waals surface area (Å²) in [5, 5.41) is 0. The smallest absolute Gasteiger partial charge is 0.360 e. The molecule has 94 valence electrons. The first kappa shape index (κ1) is 12.0. The summed E-state index contributed by atoms with van der Waals surface area (Å²) < 4.78 is 6.95. The quantitative estimate of drug-likeness (QED) is 0.810. The van der Waals surface area contributed by atoms with Gasteiger partial charge in [0, 0.05) is 12.5 Å². The fraction of sp³-hybridized carbons (Fsp3) is 0.667. The summed E-state index contributed by atoms with van der Waals surface area (Å²) in [6.07, 6.45) is 1.88.